The van der Waals surface area contributed by atoms with Crippen LogP contribution >= 0.6 is 11.3 Å². The van der Waals surface area contributed by atoms with Crippen LogP contribution in [0, 0.1) is 0 Å². The monoisotopic (exact) mass is 312 g/mol. The number of ether oxygens (including phenoxy) is 2. The van der Waals surface area contributed by atoms with E-state index in [1.807, 2.05) is 6.92 Å². The van der Waals surface area contributed by atoms with Crippen LogP contribution in [-0.4, -0.2) is 37.7 Å². The van der Waals surface area contributed by atoms with Crippen molar-refractivity contribution in [2.45, 2.75) is 45.8 Å². The number of carbonyl (C=O) groups excluding carboxylic acids is 1. The number of rotatable bonds is 4. The maximum Gasteiger partial charge on any atom is 0.177 e. The van der Waals surface area contributed by atoms with E-state index in [0.29, 0.717) is 22.7 Å². The number of ketones is 1. The summed E-state index contributed by atoms with van der Waals surface area (Å²) in [6.45, 7) is 9.53. The highest BCUT2D eigenvalue weighted by Crippen LogP contribution is 2.46. The highest BCUT2D eigenvalue weighted by molar-refractivity contribution is 7.19. The molecule has 1 aliphatic rings. The third kappa shape index (κ3) is 3.16. The minimum absolute atomic E-state index is 0.0580. The molecule has 1 aliphatic heterocycles. The second-order valence-corrected chi connectivity index (χ2v) is 7.03. The first-order valence-corrected chi connectivity index (χ1v) is 8.03. The summed E-state index contributed by atoms with van der Waals surface area (Å²) in [4.78, 5) is 14.8. The molecule has 6 heteroatoms. The molecule has 2 heterocycles. The minimum atomic E-state index is -0.240. The fourth-order valence-corrected chi connectivity index (χ4v) is 4.01. The highest BCUT2D eigenvalue weighted by atomic mass is 32.1. The van der Waals surface area contributed by atoms with Gasteiger partial charge in [0, 0.05) is 19.5 Å². The Balaban J connectivity index is 2.41. The molecule has 21 heavy (non-hydrogen) atoms. The van der Waals surface area contributed by atoms with E-state index >= 15 is 0 Å². The van der Waals surface area contributed by atoms with Crippen molar-refractivity contribution in [2.75, 3.05) is 30.8 Å². The van der Waals surface area contributed by atoms with E-state index in [1.54, 1.807) is 7.11 Å². The highest BCUT2D eigenvalue weighted by Gasteiger charge is 2.34. The molecule has 1 fully saturated rings. The maximum atomic E-state index is 12.0. The van der Waals surface area contributed by atoms with Crippen LogP contribution in [0.4, 0.5) is 10.7 Å². The number of Topliss-reactive ketones (excluding diaryl/α,β-unsaturated/α-hetero) is 1. The lowest BCUT2D eigenvalue weighted by Gasteiger charge is -2.42. The van der Waals surface area contributed by atoms with Gasteiger partial charge < -0.3 is 20.1 Å². The molecule has 1 unspecified atom stereocenters. The van der Waals surface area contributed by atoms with Gasteiger partial charge in [0.1, 0.15) is 5.00 Å². The van der Waals surface area contributed by atoms with Crippen molar-refractivity contribution in [3.63, 3.8) is 0 Å². The SMILES string of the molecule is CCC(=O)c1sc(N2CC(C)OC(C)(C)C2)c(OC)c1N. The molecule has 5 nitrogen and oxygen atoms in total. The van der Waals surface area contributed by atoms with Gasteiger partial charge >= 0.3 is 0 Å². The van der Waals surface area contributed by atoms with Crippen LogP contribution in [0.1, 0.15) is 43.8 Å². The number of hydrogen-bond acceptors (Lipinski definition) is 6. The molecule has 2 rings (SSSR count). The van der Waals surface area contributed by atoms with E-state index in [0.717, 1.165) is 18.1 Å². The Morgan fingerprint density at radius 3 is 2.76 bits per heavy atom. The number of nitrogens with two attached hydrogens (primary N) is 1. The molecule has 118 valence electrons. The Labute approximate surface area is 130 Å². The van der Waals surface area contributed by atoms with Crippen LogP contribution < -0.4 is 15.4 Å². The molecule has 0 amide bonds. The molecule has 0 bridgehead atoms. The van der Waals surface area contributed by atoms with E-state index < -0.39 is 0 Å². The van der Waals surface area contributed by atoms with Gasteiger partial charge in [-0.15, -0.1) is 11.3 Å². The third-order valence-electron chi connectivity index (χ3n) is 3.52. The smallest absolute Gasteiger partial charge is 0.177 e. The van der Waals surface area contributed by atoms with Crippen LogP contribution in [0.3, 0.4) is 0 Å². The van der Waals surface area contributed by atoms with Gasteiger partial charge in [0.05, 0.1) is 29.4 Å². The Bertz CT molecular complexity index is 539. The Hall–Kier alpha value is -1.27. The van der Waals surface area contributed by atoms with Gasteiger partial charge in [0.15, 0.2) is 11.5 Å². The maximum absolute atomic E-state index is 12.0. The van der Waals surface area contributed by atoms with Crippen molar-refractivity contribution in [2.24, 2.45) is 0 Å². The molecule has 0 radical (unpaired) electrons. The molecule has 0 aromatic carbocycles. The average Bonchev–Trinajstić information content (AvgIpc) is 2.72. The lowest BCUT2D eigenvalue weighted by Crippen LogP contribution is -2.51. The number of nitrogens with zero attached hydrogens (tertiary/aromatic N) is 1. The molecule has 0 saturated carbocycles. The van der Waals surface area contributed by atoms with Gasteiger partial charge in [-0.2, -0.15) is 0 Å². The van der Waals surface area contributed by atoms with Gasteiger partial charge in [-0.3, -0.25) is 4.79 Å². The van der Waals surface area contributed by atoms with Crippen LogP contribution in [0.25, 0.3) is 0 Å². The quantitative estimate of drug-likeness (QED) is 0.866. The van der Waals surface area contributed by atoms with E-state index in [-0.39, 0.29) is 17.5 Å². The first-order chi connectivity index (χ1) is 9.79. The number of nitrogen functional groups attached to an aromatic ring is 1. The zero-order valence-electron chi connectivity index (χ0n) is 13.4. The molecule has 1 aromatic heterocycles. The zero-order valence-corrected chi connectivity index (χ0v) is 14.2. The average molecular weight is 312 g/mol. The summed E-state index contributed by atoms with van der Waals surface area (Å²) in [6.07, 6.45) is 0.560. The Morgan fingerprint density at radius 2 is 2.24 bits per heavy atom. The van der Waals surface area contributed by atoms with Gasteiger partial charge in [0.2, 0.25) is 0 Å². The summed E-state index contributed by atoms with van der Waals surface area (Å²) in [6, 6.07) is 0. The minimum Gasteiger partial charge on any atom is -0.492 e. The number of carbonyl (C=O) groups is 1. The van der Waals surface area contributed by atoms with E-state index in [1.165, 1.54) is 11.3 Å². The predicted molar refractivity (Wildman–Crippen MR) is 86.7 cm³/mol. The van der Waals surface area contributed by atoms with Crippen LogP contribution in [0.2, 0.25) is 0 Å². The number of thiophene rings is 1. The first-order valence-electron chi connectivity index (χ1n) is 7.21. The summed E-state index contributed by atoms with van der Waals surface area (Å²) in [5, 5.41) is 0.926. The largest absolute Gasteiger partial charge is 0.492 e. The lowest BCUT2D eigenvalue weighted by molar-refractivity contribution is -0.0748. The second-order valence-electron chi connectivity index (χ2n) is 6.03. The van der Waals surface area contributed by atoms with Crippen molar-refractivity contribution in [1.29, 1.82) is 0 Å². The zero-order chi connectivity index (χ0) is 15.8. The van der Waals surface area contributed by atoms with Crippen molar-refractivity contribution < 1.29 is 14.3 Å². The third-order valence-corrected chi connectivity index (χ3v) is 4.81. The van der Waals surface area contributed by atoms with Crippen LogP contribution in [0.5, 0.6) is 5.75 Å². The molecule has 0 spiro atoms. The fourth-order valence-electron chi connectivity index (χ4n) is 2.80. The first kappa shape index (κ1) is 16.1. The summed E-state index contributed by atoms with van der Waals surface area (Å²) in [5.41, 5.74) is 6.33. The number of methoxy groups -OCH3 is 1. The molecule has 1 aromatic rings. The van der Waals surface area contributed by atoms with Gasteiger partial charge in [-0.05, 0) is 20.8 Å². The van der Waals surface area contributed by atoms with Gasteiger partial charge in [0.25, 0.3) is 0 Å². The molecule has 2 N–H and O–H groups in total. The Kier molecular flexibility index (Phi) is 4.49. The summed E-state index contributed by atoms with van der Waals surface area (Å²) >= 11 is 1.42. The second kappa shape index (κ2) is 5.85. The number of anilines is 2. The van der Waals surface area contributed by atoms with Gasteiger partial charge in [-0.25, -0.2) is 0 Å². The predicted octanol–water partition coefficient (Wildman–Crippen LogP) is 2.94. The molecule has 1 atom stereocenters. The molecule has 1 saturated heterocycles. The summed E-state index contributed by atoms with van der Waals surface area (Å²) in [7, 11) is 1.59. The summed E-state index contributed by atoms with van der Waals surface area (Å²) in [5.74, 6) is 0.671. The molecular formula is C15H24N2O3S. The molecular weight excluding hydrogens is 288 g/mol. The fraction of sp³-hybridized carbons (Fsp3) is 0.667. The lowest BCUT2D eigenvalue weighted by atomic mass is 10.1. The van der Waals surface area contributed by atoms with Gasteiger partial charge in [-0.1, -0.05) is 6.92 Å². The van der Waals surface area contributed by atoms with E-state index in [4.69, 9.17) is 15.2 Å². The van der Waals surface area contributed by atoms with Crippen molar-refractivity contribution in [1.82, 2.24) is 0 Å². The summed E-state index contributed by atoms with van der Waals surface area (Å²) < 4.78 is 11.4. The van der Waals surface area contributed by atoms with E-state index in [9.17, 15) is 4.79 Å². The van der Waals surface area contributed by atoms with Crippen molar-refractivity contribution in [3.8, 4) is 5.75 Å². The normalized spacial score (nSPS) is 21.4. The van der Waals surface area contributed by atoms with Crippen molar-refractivity contribution in [3.05, 3.63) is 4.88 Å². The van der Waals surface area contributed by atoms with Crippen LogP contribution in [0.15, 0.2) is 0 Å². The van der Waals surface area contributed by atoms with E-state index in [2.05, 4.69) is 25.7 Å². The van der Waals surface area contributed by atoms with Crippen LogP contribution in [-0.2, 0) is 4.74 Å². The number of hydrogen-bond donors (Lipinski definition) is 1. The Morgan fingerprint density at radius 1 is 1.57 bits per heavy atom. The topological polar surface area (TPSA) is 64.8 Å². The number of morpholine rings is 1. The van der Waals surface area contributed by atoms with Crippen molar-refractivity contribution >= 4 is 27.8 Å². The molecule has 0 aliphatic carbocycles. The standard InChI is InChI=1S/C15H24N2O3S/c1-6-10(18)13-11(16)12(19-5)14(21-13)17-7-9(2)20-15(3,4)8-17/h9H,6-8,16H2,1-5H3.